The van der Waals surface area contributed by atoms with Crippen LogP contribution in [0.5, 0.6) is 5.75 Å². The van der Waals surface area contributed by atoms with Crippen molar-refractivity contribution in [1.29, 1.82) is 0 Å². The molecule has 2 atom stereocenters. The molecule has 5 heteroatoms. The van der Waals surface area contributed by atoms with Crippen molar-refractivity contribution >= 4 is 11.7 Å². The van der Waals surface area contributed by atoms with E-state index in [0.29, 0.717) is 6.61 Å². The average molecular weight is 268 g/mol. The number of nitrogens with one attached hydrogen (secondary N) is 1. The highest BCUT2D eigenvalue weighted by Gasteiger charge is 2.38. The van der Waals surface area contributed by atoms with Crippen molar-refractivity contribution in [3.8, 4) is 5.75 Å². The molecule has 100 valence electrons. The number of rotatable bonds is 1. The number of benzene rings is 1. The van der Waals surface area contributed by atoms with E-state index in [4.69, 9.17) is 9.15 Å². The second-order valence-electron chi connectivity index (χ2n) is 4.89. The molecule has 2 aliphatic rings. The quantitative estimate of drug-likeness (QED) is 0.864. The van der Waals surface area contributed by atoms with Crippen LogP contribution in [-0.2, 0) is 0 Å². The second kappa shape index (κ2) is 4.23. The molecule has 2 aromatic rings. The third-order valence-corrected chi connectivity index (χ3v) is 3.74. The molecule has 1 aromatic heterocycles. The van der Waals surface area contributed by atoms with E-state index in [2.05, 4.69) is 10.3 Å². The van der Waals surface area contributed by atoms with Gasteiger partial charge in [0.15, 0.2) is 0 Å². The van der Waals surface area contributed by atoms with Crippen molar-refractivity contribution in [2.24, 2.45) is 10.9 Å². The monoisotopic (exact) mass is 268 g/mol. The van der Waals surface area contributed by atoms with Gasteiger partial charge < -0.3 is 14.5 Å². The number of carbonyl (C=O) groups excluding carboxylic acids is 1. The zero-order valence-corrected chi connectivity index (χ0v) is 10.6. The molecule has 4 rings (SSSR count). The van der Waals surface area contributed by atoms with Gasteiger partial charge in [-0.1, -0.05) is 12.1 Å². The van der Waals surface area contributed by atoms with Crippen LogP contribution in [0.15, 0.2) is 52.3 Å². The number of hydrogen-bond donors (Lipinski definition) is 1. The Morgan fingerprint density at radius 2 is 2.15 bits per heavy atom. The highest BCUT2D eigenvalue weighted by molar-refractivity contribution is 6.11. The third-order valence-electron chi connectivity index (χ3n) is 3.74. The topological polar surface area (TPSA) is 63.8 Å². The molecular weight excluding hydrogens is 256 g/mol. The minimum absolute atomic E-state index is 0.000185. The summed E-state index contributed by atoms with van der Waals surface area (Å²) in [6.45, 7) is 0.492. The predicted molar refractivity (Wildman–Crippen MR) is 71.9 cm³/mol. The normalized spacial score (nSPS) is 24.0. The van der Waals surface area contributed by atoms with Gasteiger partial charge in [-0.15, -0.1) is 0 Å². The van der Waals surface area contributed by atoms with Crippen molar-refractivity contribution in [3.63, 3.8) is 0 Å². The molecule has 0 spiro atoms. The Labute approximate surface area is 115 Å². The van der Waals surface area contributed by atoms with Crippen LogP contribution in [0.3, 0.4) is 0 Å². The first-order valence-corrected chi connectivity index (χ1v) is 6.46. The van der Waals surface area contributed by atoms with Crippen molar-refractivity contribution in [2.75, 3.05) is 6.61 Å². The summed E-state index contributed by atoms with van der Waals surface area (Å²) in [5.41, 5.74) is 2.62. The molecule has 20 heavy (non-hydrogen) atoms. The van der Waals surface area contributed by atoms with Gasteiger partial charge in [0.1, 0.15) is 5.75 Å². The van der Waals surface area contributed by atoms with Crippen molar-refractivity contribution < 1.29 is 13.9 Å². The Bertz CT molecular complexity index is 691. The number of hydrogen-bond acceptors (Lipinski definition) is 3. The first-order valence-electron chi connectivity index (χ1n) is 6.46. The Balaban J connectivity index is 1.82. The fraction of sp³-hybridized carbons (Fsp3) is 0.200. The highest BCUT2D eigenvalue weighted by Crippen LogP contribution is 2.36. The fourth-order valence-corrected chi connectivity index (χ4v) is 2.80. The smallest absolute Gasteiger partial charge is 0.341 e. The van der Waals surface area contributed by atoms with Gasteiger partial charge in [0.2, 0.25) is 0 Å². The summed E-state index contributed by atoms with van der Waals surface area (Å²) in [6.07, 6.45) is 3.25. The minimum Gasteiger partial charge on any atom is -0.492 e. The number of fused-ring (bicyclic) bond motifs is 3. The lowest BCUT2D eigenvalue weighted by atomic mass is 9.84. The first kappa shape index (κ1) is 11.3. The van der Waals surface area contributed by atoms with E-state index in [9.17, 15) is 4.79 Å². The number of carbonyl (C=O) groups is 1. The van der Waals surface area contributed by atoms with Crippen LogP contribution in [0.4, 0.5) is 4.79 Å². The molecule has 0 radical (unpaired) electrons. The number of ether oxygens (including phenoxy) is 1. The molecule has 2 aliphatic heterocycles. The van der Waals surface area contributed by atoms with Gasteiger partial charge in [-0.2, -0.15) is 4.99 Å². The summed E-state index contributed by atoms with van der Waals surface area (Å²) in [6, 6.07) is 9.04. The van der Waals surface area contributed by atoms with Crippen LogP contribution < -0.4 is 10.1 Å². The summed E-state index contributed by atoms with van der Waals surface area (Å²) >= 11 is 0. The maximum atomic E-state index is 11.9. The van der Waals surface area contributed by atoms with Gasteiger partial charge in [0.25, 0.3) is 0 Å². The van der Waals surface area contributed by atoms with Gasteiger partial charge in [0.05, 0.1) is 36.8 Å². The van der Waals surface area contributed by atoms with Gasteiger partial charge in [-0.25, -0.2) is 4.79 Å². The van der Waals surface area contributed by atoms with E-state index in [1.165, 1.54) is 0 Å². The molecule has 1 aromatic carbocycles. The minimum atomic E-state index is -0.320. The first-order chi connectivity index (χ1) is 9.83. The zero-order valence-electron chi connectivity index (χ0n) is 10.6. The Morgan fingerprint density at radius 1 is 1.25 bits per heavy atom. The lowest BCUT2D eigenvalue weighted by molar-refractivity contribution is 0.217. The number of para-hydroxylation sites is 1. The van der Waals surface area contributed by atoms with E-state index >= 15 is 0 Å². The van der Waals surface area contributed by atoms with Gasteiger partial charge in [-0.3, -0.25) is 0 Å². The number of nitrogens with zero attached hydrogens (tertiary/aromatic N) is 1. The molecule has 3 heterocycles. The van der Waals surface area contributed by atoms with Crippen molar-refractivity contribution in [3.05, 3.63) is 54.0 Å². The number of urea groups is 1. The van der Waals surface area contributed by atoms with Crippen molar-refractivity contribution in [1.82, 2.24) is 5.32 Å². The predicted octanol–water partition coefficient (Wildman–Crippen LogP) is 2.54. The van der Waals surface area contributed by atoms with Gasteiger partial charge >= 0.3 is 6.03 Å². The van der Waals surface area contributed by atoms with Gasteiger partial charge in [-0.05, 0) is 18.2 Å². The molecule has 0 saturated heterocycles. The van der Waals surface area contributed by atoms with E-state index in [0.717, 1.165) is 22.6 Å². The van der Waals surface area contributed by atoms with Crippen LogP contribution in [0.2, 0.25) is 0 Å². The summed E-state index contributed by atoms with van der Waals surface area (Å²) in [7, 11) is 0. The SMILES string of the molecule is O=C1N=C2c3ccccc3OCC2C(c2ccoc2)N1. The molecule has 2 amide bonds. The van der Waals surface area contributed by atoms with E-state index in [1.807, 2.05) is 30.3 Å². The average Bonchev–Trinajstić information content (AvgIpc) is 3.00. The van der Waals surface area contributed by atoms with Crippen LogP contribution in [0.1, 0.15) is 17.2 Å². The molecule has 0 aliphatic carbocycles. The summed E-state index contributed by atoms with van der Waals surface area (Å²) in [5, 5.41) is 2.88. The molecule has 1 N–H and O–H groups in total. The molecule has 2 unspecified atom stereocenters. The molecular formula is C15H12N2O3. The Kier molecular flexibility index (Phi) is 2.39. The second-order valence-corrected chi connectivity index (χ2v) is 4.89. The number of amides is 2. The standard InChI is InChI=1S/C15H12N2O3/c18-15-16-13(9-5-6-19-7-9)11-8-20-12-4-2-1-3-10(12)14(11)17-15/h1-7,11,13H,8H2,(H,16,18). The lowest BCUT2D eigenvalue weighted by Crippen LogP contribution is -2.45. The maximum absolute atomic E-state index is 11.9. The molecule has 0 bridgehead atoms. The van der Waals surface area contributed by atoms with Crippen LogP contribution >= 0.6 is 0 Å². The summed E-state index contributed by atoms with van der Waals surface area (Å²) in [5.74, 6) is 0.781. The van der Waals surface area contributed by atoms with Crippen molar-refractivity contribution in [2.45, 2.75) is 6.04 Å². The van der Waals surface area contributed by atoms with E-state index in [-0.39, 0.29) is 18.0 Å². The largest absolute Gasteiger partial charge is 0.492 e. The Hall–Kier alpha value is -2.56. The lowest BCUT2D eigenvalue weighted by Gasteiger charge is -2.35. The Morgan fingerprint density at radius 3 is 3.00 bits per heavy atom. The zero-order chi connectivity index (χ0) is 13.5. The molecule has 0 fully saturated rings. The molecule has 0 saturated carbocycles. The number of aliphatic imine (C=N–C) groups is 1. The van der Waals surface area contributed by atoms with Crippen LogP contribution in [0, 0.1) is 5.92 Å². The molecule has 5 nitrogen and oxygen atoms in total. The summed E-state index contributed by atoms with van der Waals surface area (Å²) in [4.78, 5) is 16.0. The highest BCUT2D eigenvalue weighted by atomic mass is 16.5. The number of furan rings is 1. The third kappa shape index (κ3) is 1.63. The van der Waals surface area contributed by atoms with E-state index in [1.54, 1.807) is 12.5 Å². The fourth-order valence-electron chi connectivity index (χ4n) is 2.80. The van der Waals surface area contributed by atoms with E-state index < -0.39 is 0 Å². The van der Waals surface area contributed by atoms with Gasteiger partial charge in [0, 0.05) is 11.1 Å². The summed E-state index contributed by atoms with van der Waals surface area (Å²) < 4.78 is 10.9. The van der Waals surface area contributed by atoms with Crippen LogP contribution in [0.25, 0.3) is 0 Å². The maximum Gasteiger partial charge on any atom is 0.341 e. The van der Waals surface area contributed by atoms with Crippen LogP contribution in [-0.4, -0.2) is 18.3 Å².